The molecule has 3 rings (SSSR count). The molecule has 0 heterocycles. The molecule has 0 fully saturated rings. The number of fused-ring (bicyclic) bond motifs is 1. The van der Waals surface area contributed by atoms with Crippen molar-refractivity contribution in [1.82, 2.24) is 4.72 Å². The van der Waals surface area contributed by atoms with Crippen molar-refractivity contribution in [3.05, 3.63) is 72.0 Å². The van der Waals surface area contributed by atoms with Crippen LogP contribution in [0.4, 0.5) is 10.1 Å². The van der Waals surface area contributed by atoms with Gasteiger partial charge in [-0.3, -0.25) is 4.79 Å². The Labute approximate surface area is 181 Å². The number of ether oxygens (including phenoxy) is 1. The summed E-state index contributed by atoms with van der Waals surface area (Å²) in [6, 6.07) is 16.6. The molecule has 0 bridgehead atoms. The third-order valence-electron chi connectivity index (χ3n) is 4.71. The van der Waals surface area contributed by atoms with Crippen LogP contribution in [0.3, 0.4) is 0 Å². The SMILES string of the molecule is CCOc1ccc(NC(=O)C(C)(C)NS(=O)(=O)Cc2ccccc2F)c2ccccc12. The van der Waals surface area contributed by atoms with Gasteiger partial charge in [0.05, 0.1) is 12.4 Å². The largest absolute Gasteiger partial charge is 0.493 e. The van der Waals surface area contributed by atoms with E-state index in [0.29, 0.717) is 18.0 Å². The summed E-state index contributed by atoms with van der Waals surface area (Å²) in [7, 11) is -3.98. The lowest BCUT2D eigenvalue weighted by atomic mass is 10.0. The van der Waals surface area contributed by atoms with Crippen molar-refractivity contribution in [2.75, 3.05) is 11.9 Å². The van der Waals surface area contributed by atoms with Crippen molar-refractivity contribution in [1.29, 1.82) is 0 Å². The highest BCUT2D eigenvalue weighted by atomic mass is 32.2. The molecule has 0 unspecified atom stereocenters. The number of benzene rings is 3. The van der Waals surface area contributed by atoms with E-state index in [1.165, 1.54) is 32.0 Å². The van der Waals surface area contributed by atoms with Crippen LogP contribution in [-0.4, -0.2) is 26.5 Å². The van der Waals surface area contributed by atoms with Gasteiger partial charge in [-0.1, -0.05) is 42.5 Å². The Morgan fingerprint density at radius 2 is 1.65 bits per heavy atom. The number of nitrogens with one attached hydrogen (secondary N) is 2. The first-order chi connectivity index (χ1) is 14.6. The van der Waals surface area contributed by atoms with Crippen LogP contribution >= 0.6 is 0 Å². The van der Waals surface area contributed by atoms with E-state index in [9.17, 15) is 17.6 Å². The van der Waals surface area contributed by atoms with Gasteiger partial charge in [0, 0.05) is 22.0 Å². The highest BCUT2D eigenvalue weighted by Gasteiger charge is 2.33. The second-order valence-corrected chi connectivity index (χ2v) is 9.34. The van der Waals surface area contributed by atoms with Crippen molar-refractivity contribution in [2.24, 2.45) is 0 Å². The predicted octanol–water partition coefficient (Wildman–Crippen LogP) is 4.21. The summed E-state index contributed by atoms with van der Waals surface area (Å²) in [6.07, 6.45) is 0. The third-order valence-corrected chi connectivity index (χ3v) is 6.23. The average Bonchev–Trinajstić information content (AvgIpc) is 2.70. The Morgan fingerprint density at radius 1 is 1.00 bits per heavy atom. The van der Waals surface area contributed by atoms with Crippen LogP contribution in [0.25, 0.3) is 10.8 Å². The lowest BCUT2D eigenvalue weighted by molar-refractivity contribution is -0.120. The Kier molecular flexibility index (Phi) is 6.62. The van der Waals surface area contributed by atoms with Gasteiger partial charge in [0.25, 0.3) is 0 Å². The maximum absolute atomic E-state index is 13.9. The molecule has 2 N–H and O–H groups in total. The highest BCUT2D eigenvalue weighted by Crippen LogP contribution is 2.32. The Morgan fingerprint density at radius 3 is 2.32 bits per heavy atom. The molecular weight excluding hydrogens is 419 g/mol. The maximum Gasteiger partial charge on any atom is 0.245 e. The first-order valence-corrected chi connectivity index (χ1v) is 11.5. The van der Waals surface area contributed by atoms with Gasteiger partial charge in [-0.15, -0.1) is 0 Å². The third kappa shape index (κ3) is 5.39. The molecule has 0 aliphatic heterocycles. The van der Waals surface area contributed by atoms with Crippen molar-refractivity contribution in [3.8, 4) is 5.75 Å². The van der Waals surface area contributed by atoms with E-state index in [4.69, 9.17) is 4.74 Å². The van der Waals surface area contributed by atoms with Crippen molar-refractivity contribution in [3.63, 3.8) is 0 Å². The zero-order valence-electron chi connectivity index (χ0n) is 17.6. The minimum Gasteiger partial charge on any atom is -0.493 e. The summed E-state index contributed by atoms with van der Waals surface area (Å²) in [5, 5.41) is 4.40. The van der Waals surface area contributed by atoms with E-state index in [1.807, 2.05) is 31.2 Å². The van der Waals surface area contributed by atoms with Gasteiger partial charge in [0.1, 0.15) is 17.1 Å². The van der Waals surface area contributed by atoms with Crippen LogP contribution in [0.15, 0.2) is 60.7 Å². The predicted molar refractivity (Wildman–Crippen MR) is 120 cm³/mol. The number of carbonyl (C=O) groups is 1. The fourth-order valence-electron chi connectivity index (χ4n) is 3.23. The molecule has 0 spiro atoms. The molecule has 0 radical (unpaired) electrons. The first kappa shape index (κ1) is 22.7. The number of sulfonamides is 1. The molecular formula is C23H25FN2O4S. The van der Waals surface area contributed by atoms with Crippen LogP contribution in [0.1, 0.15) is 26.3 Å². The van der Waals surface area contributed by atoms with E-state index in [-0.39, 0.29) is 5.56 Å². The zero-order chi connectivity index (χ0) is 22.6. The lowest BCUT2D eigenvalue weighted by Gasteiger charge is -2.25. The number of hydrogen-bond acceptors (Lipinski definition) is 4. The average molecular weight is 445 g/mol. The zero-order valence-corrected chi connectivity index (χ0v) is 18.4. The van der Waals surface area contributed by atoms with Crippen LogP contribution in [0, 0.1) is 5.82 Å². The second-order valence-electron chi connectivity index (χ2n) is 7.62. The molecule has 0 saturated carbocycles. The molecule has 8 heteroatoms. The Balaban J connectivity index is 1.81. The molecule has 1 amide bonds. The van der Waals surface area contributed by atoms with Crippen LogP contribution in [0.2, 0.25) is 0 Å². The highest BCUT2D eigenvalue weighted by molar-refractivity contribution is 7.88. The van der Waals surface area contributed by atoms with E-state index < -0.39 is 33.0 Å². The Hall–Kier alpha value is -2.97. The molecule has 0 atom stereocenters. The van der Waals surface area contributed by atoms with E-state index in [0.717, 1.165) is 10.8 Å². The summed E-state index contributed by atoms with van der Waals surface area (Å²) in [4.78, 5) is 12.9. The number of amides is 1. The molecule has 3 aromatic carbocycles. The van der Waals surface area contributed by atoms with Crippen molar-refractivity contribution >= 4 is 32.4 Å². The standard InChI is InChI=1S/C23H25FN2O4S/c1-4-30-21-14-13-20(17-10-6-7-11-18(17)21)25-22(27)23(2,3)26-31(28,29)15-16-9-5-8-12-19(16)24/h5-14,26H,4,15H2,1-3H3,(H,25,27). The van der Waals surface area contributed by atoms with E-state index in [2.05, 4.69) is 10.0 Å². The maximum atomic E-state index is 13.9. The summed E-state index contributed by atoms with van der Waals surface area (Å²) >= 11 is 0. The molecule has 31 heavy (non-hydrogen) atoms. The lowest BCUT2D eigenvalue weighted by Crippen LogP contribution is -2.52. The number of hydrogen-bond donors (Lipinski definition) is 2. The molecule has 0 aliphatic rings. The monoisotopic (exact) mass is 444 g/mol. The summed E-state index contributed by atoms with van der Waals surface area (Å²) in [5.41, 5.74) is -0.904. The van der Waals surface area contributed by atoms with Crippen molar-refractivity contribution in [2.45, 2.75) is 32.1 Å². The number of carbonyl (C=O) groups excluding carboxylic acids is 1. The summed E-state index contributed by atoms with van der Waals surface area (Å²) in [5.74, 6) is -1.03. The van der Waals surface area contributed by atoms with Gasteiger partial charge < -0.3 is 10.1 Å². The molecule has 0 aromatic heterocycles. The number of anilines is 1. The van der Waals surface area contributed by atoms with Crippen LogP contribution < -0.4 is 14.8 Å². The number of rotatable bonds is 8. The van der Waals surface area contributed by atoms with Crippen LogP contribution in [-0.2, 0) is 20.6 Å². The molecule has 6 nitrogen and oxygen atoms in total. The molecule has 3 aromatic rings. The van der Waals surface area contributed by atoms with Gasteiger partial charge in [-0.25, -0.2) is 12.8 Å². The van der Waals surface area contributed by atoms with Gasteiger partial charge in [-0.2, -0.15) is 4.72 Å². The smallest absolute Gasteiger partial charge is 0.245 e. The van der Waals surface area contributed by atoms with Gasteiger partial charge >= 0.3 is 0 Å². The van der Waals surface area contributed by atoms with E-state index in [1.54, 1.807) is 18.2 Å². The quantitative estimate of drug-likeness (QED) is 0.545. The minimum atomic E-state index is -3.98. The topological polar surface area (TPSA) is 84.5 Å². The van der Waals surface area contributed by atoms with Crippen molar-refractivity contribution < 1.29 is 22.3 Å². The van der Waals surface area contributed by atoms with E-state index >= 15 is 0 Å². The minimum absolute atomic E-state index is 0.0312. The number of halogens is 1. The Bertz CT molecular complexity index is 1210. The fraction of sp³-hybridized carbons (Fsp3) is 0.261. The molecule has 164 valence electrons. The van der Waals surface area contributed by atoms with Crippen LogP contribution in [0.5, 0.6) is 5.75 Å². The van der Waals surface area contributed by atoms with Gasteiger partial charge in [-0.05, 0) is 39.0 Å². The first-order valence-electron chi connectivity index (χ1n) is 9.84. The molecule has 0 saturated heterocycles. The second kappa shape index (κ2) is 9.03. The fourth-order valence-corrected chi connectivity index (χ4v) is 4.82. The normalized spacial score (nSPS) is 12.0. The molecule has 0 aliphatic carbocycles. The summed E-state index contributed by atoms with van der Waals surface area (Å²) < 4.78 is 47.0. The van der Waals surface area contributed by atoms with Gasteiger partial charge in [0.2, 0.25) is 15.9 Å². The van der Waals surface area contributed by atoms with Gasteiger partial charge in [0.15, 0.2) is 0 Å². The summed E-state index contributed by atoms with van der Waals surface area (Å²) in [6.45, 7) is 5.31.